The van der Waals surface area contributed by atoms with E-state index in [9.17, 15) is 0 Å². The van der Waals surface area contributed by atoms with Crippen LogP contribution in [0.2, 0.25) is 0 Å². The maximum absolute atomic E-state index is 6.02. The summed E-state index contributed by atoms with van der Waals surface area (Å²) in [6.45, 7) is 7.73. The van der Waals surface area contributed by atoms with Crippen molar-refractivity contribution in [3.05, 3.63) is 35.4 Å². The molecule has 1 aromatic carbocycles. The Bertz CT molecular complexity index is 348. The molecule has 0 aromatic heterocycles. The van der Waals surface area contributed by atoms with Gasteiger partial charge in [-0.25, -0.2) is 0 Å². The van der Waals surface area contributed by atoms with Crippen molar-refractivity contribution in [2.75, 3.05) is 13.1 Å². The average molecular weight is 269 g/mol. The van der Waals surface area contributed by atoms with Gasteiger partial charge in [-0.15, -0.1) is 12.4 Å². The van der Waals surface area contributed by atoms with Gasteiger partial charge in [0, 0.05) is 19.1 Å². The molecule has 0 saturated carbocycles. The molecule has 0 amide bonds. The number of halogens is 1. The molecule has 18 heavy (non-hydrogen) atoms. The minimum Gasteiger partial charge on any atom is -0.328 e. The third kappa shape index (κ3) is 4.27. The topological polar surface area (TPSA) is 29.3 Å². The Hall–Kier alpha value is -0.570. The first-order valence-corrected chi connectivity index (χ1v) is 6.68. The molecule has 3 heteroatoms. The number of likely N-dealkylation sites (tertiary alicyclic amines) is 1. The van der Waals surface area contributed by atoms with E-state index in [1.54, 1.807) is 0 Å². The zero-order chi connectivity index (χ0) is 12.3. The van der Waals surface area contributed by atoms with Crippen molar-refractivity contribution in [2.24, 2.45) is 11.7 Å². The number of piperidine rings is 1. The second kappa shape index (κ2) is 7.13. The molecule has 0 radical (unpaired) electrons. The van der Waals surface area contributed by atoms with Crippen molar-refractivity contribution in [3.63, 3.8) is 0 Å². The lowest BCUT2D eigenvalue weighted by Gasteiger charge is -2.34. The van der Waals surface area contributed by atoms with Crippen LogP contribution in [-0.2, 0) is 6.54 Å². The highest BCUT2D eigenvalue weighted by molar-refractivity contribution is 5.85. The van der Waals surface area contributed by atoms with E-state index in [2.05, 4.69) is 43.0 Å². The number of nitrogens with two attached hydrogens (primary N) is 1. The van der Waals surface area contributed by atoms with Gasteiger partial charge in [0.1, 0.15) is 0 Å². The molecule has 2 nitrogen and oxygen atoms in total. The Morgan fingerprint density at radius 2 is 2.00 bits per heavy atom. The van der Waals surface area contributed by atoms with E-state index in [-0.39, 0.29) is 12.4 Å². The highest BCUT2D eigenvalue weighted by Gasteiger charge is 2.22. The van der Waals surface area contributed by atoms with Crippen molar-refractivity contribution in [2.45, 2.75) is 39.3 Å². The van der Waals surface area contributed by atoms with Crippen LogP contribution in [0.1, 0.15) is 30.9 Å². The van der Waals surface area contributed by atoms with Crippen molar-refractivity contribution in [1.29, 1.82) is 0 Å². The molecule has 1 aliphatic heterocycles. The van der Waals surface area contributed by atoms with Crippen LogP contribution in [0.5, 0.6) is 0 Å². The number of benzene rings is 1. The van der Waals surface area contributed by atoms with Gasteiger partial charge < -0.3 is 5.73 Å². The van der Waals surface area contributed by atoms with Gasteiger partial charge in [0.15, 0.2) is 0 Å². The van der Waals surface area contributed by atoms with Crippen LogP contribution < -0.4 is 5.73 Å². The Balaban J connectivity index is 0.00000162. The van der Waals surface area contributed by atoms with Crippen LogP contribution in [0, 0.1) is 12.8 Å². The molecule has 0 spiro atoms. The Morgan fingerprint density at radius 3 is 2.61 bits per heavy atom. The molecule has 2 N–H and O–H groups in total. The predicted molar refractivity (Wildman–Crippen MR) is 80.1 cm³/mol. The van der Waals surface area contributed by atoms with Gasteiger partial charge in [0.2, 0.25) is 0 Å². The van der Waals surface area contributed by atoms with E-state index in [4.69, 9.17) is 5.73 Å². The molecule has 102 valence electrons. The van der Waals surface area contributed by atoms with E-state index in [1.165, 1.54) is 30.5 Å². The summed E-state index contributed by atoms with van der Waals surface area (Å²) in [6.07, 6.45) is 2.58. The first-order valence-electron chi connectivity index (χ1n) is 6.68. The SMILES string of the molecule is Cc1ccc(CN2CCCC(C(C)N)C2)cc1.Cl. The molecule has 1 aromatic rings. The zero-order valence-electron chi connectivity index (χ0n) is 11.4. The minimum atomic E-state index is 0. The summed E-state index contributed by atoms with van der Waals surface area (Å²) in [4.78, 5) is 2.54. The number of rotatable bonds is 3. The van der Waals surface area contributed by atoms with Gasteiger partial charge in [-0.05, 0) is 44.7 Å². The smallest absolute Gasteiger partial charge is 0.0233 e. The standard InChI is InChI=1S/C15H24N2.ClH/c1-12-5-7-14(8-6-12)10-17-9-3-4-15(11-17)13(2)16;/h5-8,13,15H,3-4,9-11,16H2,1-2H3;1H. The van der Waals surface area contributed by atoms with Crippen molar-refractivity contribution < 1.29 is 0 Å². The van der Waals surface area contributed by atoms with E-state index >= 15 is 0 Å². The third-order valence-electron chi connectivity index (χ3n) is 3.81. The summed E-state index contributed by atoms with van der Waals surface area (Å²) in [5, 5.41) is 0. The van der Waals surface area contributed by atoms with Gasteiger partial charge in [-0.2, -0.15) is 0 Å². The Morgan fingerprint density at radius 1 is 1.33 bits per heavy atom. The van der Waals surface area contributed by atoms with E-state index < -0.39 is 0 Å². The van der Waals surface area contributed by atoms with Gasteiger partial charge in [0.25, 0.3) is 0 Å². The van der Waals surface area contributed by atoms with Gasteiger partial charge in [-0.3, -0.25) is 4.90 Å². The summed E-state index contributed by atoms with van der Waals surface area (Å²) in [6, 6.07) is 9.20. The van der Waals surface area contributed by atoms with Crippen LogP contribution in [0.3, 0.4) is 0 Å². The summed E-state index contributed by atoms with van der Waals surface area (Å²) >= 11 is 0. The van der Waals surface area contributed by atoms with Crippen LogP contribution in [0.15, 0.2) is 24.3 Å². The first-order chi connectivity index (χ1) is 8.15. The minimum absolute atomic E-state index is 0. The maximum atomic E-state index is 6.02. The van der Waals surface area contributed by atoms with Crippen molar-refractivity contribution in [3.8, 4) is 0 Å². The third-order valence-corrected chi connectivity index (χ3v) is 3.81. The molecule has 0 aliphatic carbocycles. The average Bonchev–Trinajstić information content (AvgIpc) is 2.32. The summed E-state index contributed by atoms with van der Waals surface area (Å²) in [5.74, 6) is 0.675. The van der Waals surface area contributed by atoms with Crippen LogP contribution in [0.25, 0.3) is 0 Å². The lowest BCUT2D eigenvalue weighted by atomic mass is 9.92. The number of hydrogen-bond acceptors (Lipinski definition) is 2. The zero-order valence-corrected chi connectivity index (χ0v) is 12.2. The van der Waals surface area contributed by atoms with Gasteiger partial charge >= 0.3 is 0 Å². The molecule has 1 heterocycles. The summed E-state index contributed by atoms with van der Waals surface area (Å²) in [5.41, 5.74) is 8.77. The molecule has 1 fully saturated rings. The Kier molecular flexibility index (Phi) is 6.13. The molecular weight excluding hydrogens is 244 g/mol. The fraction of sp³-hybridized carbons (Fsp3) is 0.600. The summed E-state index contributed by atoms with van der Waals surface area (Å²) < 4.78 is 0. The fourth-order valence-electron chi connectivity index (χ4n) is 2.62. The highest BCUT2D eigenvalue weighted by atomic mass is 35.5. The molecule has 1 aliphatic rings. The van der Waals surface area contributed by atoms with E-state index in [1.807, 2.05) is 0 Å². The van der Waals surface area contributed by atoms with Crippen LogP contribution >= 0.6 is 12.4 Å². The normalized spacial score (nSPS) is 22.3. The molecule has 2 rings (SSSR count). The number of aryl methyl sites for hydroxylation is 1. The fourth-order valence-corrected chi connectivity index (χ4v) is 2.62. The molecule has 2 atom stereocenters. The largest absolute Gasteiger partial charge is 0.328 e. The highest BCUT2D eigenvalue weighted by Crippen LogP contribution is 2.20. The second-order valence-corrected chi connectivity index (χ2v) is 5.48. The second-order valence-electron chi connectivity index (χ2n) is 5.48. The van der Waals surface area contributed by atoms with Crippen molar-refractivity contribution in [1.82, 2.24) is 4.90 Å². The van der Waals surface area contributed by atoms with Crippen molar-refractivity contribution >= 4 is 12.4 Å². The van der Waals surface area contributed by atoms with Gasteiger partial charge in [-0.1, -0.05) is 29.8 Å². The lowest BCUT2D eigenvalue weighted by molar-refractivity contribution is 0.154. The maximum Gasteiger partial charge on any atom is 0.0233 e. The lowest BCUT2D eigenvalue weighted by Crippen LogP contribution is -2.41. The number of hydrogen-bond donors (Lipinski definition) is 1. The molecule has 2 unspecified atom stereocenters. The Labute approximate surface area is 117 Å². The predicted octanol–water partition coefficient (Wildman–Crippen LogP) is 2.98. The molecule has 1 saturated heterocycles. The van der Waals surface area contributed by atoms with E-state index in [0.29, 0.717) is 12.0 Å². The molecule has 0 bridgehead atoms. The van der Waals surface area contributed by atoms with Crippen LogP contribution in [-0.4, -0.2) is 24.0 Å². The van der Waals surface area contributed by atoms with Crippen LogP contribution in [0.4, 0.5) is 0 Å². The first kappa shape index (κ1) is 15.5. The van der Waals surface area contributed by atoms with E-state index in [0.717, 1.165) is 13.1 Å². The molecular formula is C15H25ClN2. The monoisotopic (exact) mass is 268 g/mol. The quantitative estimate of drug-likeness (QED) is 0.913. The summed E-state index contributed by atoms with van der Waals surface area (Å²) in [7, 11) is 0. The number of nitrogens with zero attached hydrogens (tertiary/aromatic N) is 1. The van der Waals surface area contributed by atoms with Gasteiger partial charge in [0.05, 0.1) is 0 Å².